The fourth-order valence-electron chi connectivity index (χ4n) is 2.75. The lowest BCUT2D eigenvalue weighted by Gasteiger charge is -2.23. The molecule has 1 fully saturated rings. The number of benzene rings is 1. The lowest BCUT2D eigenvalue weighted by Crippen LogP contribution is -2.40. The Bertz CT molecular complexity index is 687. The van der Waals surface area contributed by atoms with Gasteiger partial charge in [-0.25, -0.2) is 17.9 Å². The molecule has 0 unspecified atom stereocenters. The summed E-state index contributed by atoms with van der Waals surface area (Å²) in [5.74, 6) is -1.15. The Morgan fingerprint density at radius 2 is 1.83 bits per heavy atom. The summed E-state index contributed by atoms with van der Waals surface area (Å²) in [5, 5.41) is 12.4. The molecule has 0 amide bonds. The molecule has 23 heavy (non-hydrogen) atoms. The molecule has 0 aromatic heterocycles. The summed E-state index contributed by atoms with van der Waals surface area (Å²) in [6.45, 7) is 5.24. The first kappa shape index (κ1) is 17.7. The summed E-state index contributed by atoms with van der Waals surface area (Å²) in [6.07, 6.45) is 4.22. The van der Waals surface area contributed by atoms with E-state index in [0.717, 1.165) is 25.7 Å². The molecule has 1 aromatic rings. The Labute approximate surface area is 137 Å². The molecule has 0 atom stereocenters. The van der Waals surface area contributed by atoms with Crippen molar-refractivity contribution in [2.45, 2.75) is 62.9 Å². The predicted molar refractivity (Wildman–Crippen MR) is 89.4 cm³/mol. The molecule has 1 aromatic carbocycles. The maximum atomic E-state index is 12.7. The molecule has 0 aliphatic heterocycles. The third-order valence-electron chi connectivity index (χ3n) is 3.67. The summed E-state index contributed by atoms with van der Waals surface area (Å²) in [7, 11) is -3.82. The van der Waals surface area contributed by atoms with Gasteiger partial charge in [0.2, 0.25) is 10.0 Å². The highest BCUT2D eigenvalue weighted by Gasteiger charge is 2.27. The Balaban J connectivity index is 2.43. The summed E-state index contributed by atoms with van der Waals surface area (Å²) in [5.41, 5.74) is -0.238. The van der Waals surface area contributed by atoms with Crippen LogP contribution in [0.15, 0.2) is 23.1 Å². The number of aromatic carboxylic acids is 1. The van der Waals surface area contributed by atoms with Gasteiger partial charge in [-0.15, -0.1) is 0 Å². The molecule has 0 saturated heterocycles. The zero-order chi connectivity index (χ0) is 17.3. The van der Waals surface area contributed by atoms with Crippen LogP contribution in [-0.2, 0) is 10.0 Å². The largest absolute Gasteiger partial charge is 0.478 e. The molecule has 7 heteroatoms. The van der Waals surface area contributed by atoms with Gasteiger partial charge in [0.05, 0.1) is 11.3 Å². The van der Waals surface area contributed by atoms with Gasteiger partial charge in [-0.2, -0.15) is 0 Å². The second-order valence-corrected chi connectivity index (χ2v) is 8.65. The highest BCUT2D eigenvalue weighted by Crippen LogP contribution is 2.28. The number of rotatable bonds is 5. The highest BCUT2D eigenvalue weighted by atomic mass is 32.2. The van der Waals surface area contributed by atoms with Gasteiger partial charge in [0, 0.05) is 11.6 Å². The fourth-order valence-corrected chi connectivity index (χ4v) is 4.36. The molecule has 0 heterocycles. The van der Waals surface area contributed by atoms with E-state index in [-0.39, 0.29) is 16.5 Å². The van der Waals surface area contributed by atoms with Gasteiger partial charge < -0.3 is 10.4 Å². The quantitative estimate of drug-likeness (QED) is 0.766. The van der Waals surface area contributed by atoms with Crippen molar-refractivity contribution in [2.75, 3.05) is 5.32 Å². The summed E-state index contributed by atoms with van der Waals surface area (Å²) < 4.78 is 27.9. The van der Waals surface area contributed by atoms with Crippen molar-refractivity contribution < 1.29 is 18.3 Å². The molecule has 1 saturated carbocycles. The molecule has 1 aliphatic rings. The summed E-state index contributed by atoms with van der Waals surface area (Å²) in [4.78, 5) is 11.2. The molecule has 6 nitrogen and oxygen atoms in total. The third kappa shape index (κ3) is 4.68. The van der Waals surface area contributed by atoms with E-state index in [1.54, 1.807) is 26.8 Å². The molecule has 0 radical (unpaired) electrons. The average molecular weight is 340 g/mol. The van der Waals surface area contributed by atoms with E-state index < -0.39 is 21.5 Å². The Kier molecular flexibility index (Phi) is 5.01. The van der Waals surface area contributed by atoms with Crippen molar-refractivity contribution in [3.05, 3.63) is 23.8 Å². The van der Waals surface area contributed by atoms with E-state index in [0.29, 0.717) is 5.69 Å². The first-order valence-electron chi connectivity index (χ1n) is 7.76. The molecule has 0 spiro atoms. The normalized spacial score (nSPS) is 16.5. The predicted octanol–water partition coefficient (Wildman–Crippen LogP) is 2.82. The van der Waals surface area contributed by atoms with Crippen LogP contribution in [0, 0.1) is 0 Å². The smallest absolute Gasteiger partial charge is 0.335 e. The Morgan fingerprint density at radius 3 is 2.35 bits per heavy atom. The minimum atomic E-state index is -3.82. The Morgan fingerprint density at radius 1 is 1.22 bits per heavy atom. The van der Waals surface area contributed by atoms with Crippen LogP contribution in [0.4, 0.5) is 5.69 Å². The lowest BCUT2D eigenvalue weighted by atomic mass is 10.1. The number of carboxylic acid groups (broad SMARTS) is 1. The molecular formula is C16H24N2O4S. The number of hydrogen-bond donors (Lipinski definition) is 3. The monoisotopic (exact) mass is 340 g/mol. The SMILES string of the molecule is CC(C)(C)NS(=O)(=O)c1cc(C(=O)O)ccc1NC1CCCC1. The molecule has 0 bridgehead atoms. The summed E-state index contributed by atoms with van der Waals surface area (Å²) in [6, 6.07) is 4.41. The average Bonchev–Trinajstić information content (AvgIpc) is 2.88. The Hall–Kier alpha value is -1.60. The molecule has 1 aliphatic carbocycles. The fraction of sp³-hybridized carbons (Fsp3) is 0.562. The topological polar surface area (TPSA) is 95.5 Å². The van der Waals surface area contributed by atoms with Gasteiger partial charge in [-0.3, -0.25) is 0 Å². The van der Waals surface area contributed by atoms with Crippen LogP contribution in [0.5, 0.6) is 0 Å². The first-order chi connectivity index (χ1) is 10.6. The number of sulfonamides is 1. The number of carbonyl (C=O) groups is 1. The first-order valence-corrected chi connectivity index (χ1v) is 9.25. The molecule has 128 valence electrons. The van der Waals surface area contributed by atoms with Crippen LogP contribution < -0.4 is 10.0 Å². The van der Waals surface area contributed by atoms with Crippen molar-refractivity contribution in [2.24, 2.45) is 0 Å². The van der Waals surface area contributed by atoms with E-state index in [4.69, 9.17) is 5.11 Å². The number of anilines is 1. The third-order valence-corrected chi connectivity index (χ3v) is 5.47. The minimum Gasteiger partial charge on any atom is -0.478 e. The van der Waals surface area contributed by atoms with Gasteiger partial charge in [0.1, 0.15) is 4.90 Å². The molecule has 3 N–H and O–H groups in total. The zero-order valence-electron chi connectivity index (χ0n) is 13.7. The van der Waals surface area contributed by atoms with Crippen LogP contribution >= 0.6 is 0 Å². The van der Waals surface area contributed by atoms with E-state index in [2.05, 4.69) is 10.0 Å². The zero-order valence-corrected chi connectivity index (χ0v) is 14.5. The highest BCUT2D eigenvalue weighted by molar-refractivity contribution is 7.89. The van der Waals surface area contributed by atoms with Crippen LogP contribution in [0.1, 0.15) is 56.8 Å². The van der Waals surface area contributed by atoms with Crippen LogP contribution in [-0.4, -0.2) is 31.1 Å². The van der Waals surface area contributed by atoms with Gasteiger partial charge >= 0.3 is 5.97 Å². The van der Waals surface area contributed by atoms with Gasteiger partial charge in [-0.1, -0.05) is 12.8 Å². The van der Waals surface area contributed by atoms with Crippen LogP contribution in [0.25, 0.3) is 0 Å². The number of carboxylic acids is 1. The van der Waals surface area contributed by atoms with Crippen molar-refractivity contribution in [3.63, 3.8) is 0 Å². The van der Waals surface area contributed by atoms with E-state index in [9.17, 15) is 13.2 Å². The summed E-state index contributed by atoms with van der Waals surface area (Å²) >= 11 is 0. The maximum absolute atomic E-state index is 12.7. The van der Waals surface area contributed by atoms with Crippen molar-refractivity contribution >= 4 is 21.7 Å². The van der Waals surface area contributed by atoms with E-state index in [1.165, 1.54) is 12.1 Å². The minimum absolute atomic E-state index is 0.0146. The van der Waals surface area contributed by atoms with Crippen molar-refractivity contribution in [3.8, 4) is 0 Å². The lowest BCUT2D eigenvalue weighted by molar-refractivity contribution is 0.0696. The van der Waals surface area contributed by atoms with Gasteiger partial charge in [0.25, 0.3) is 0 Å². The van der Waals surface area contributed by atoms with Crippen molar-refractivity contribution in [1.82, 2.24) is 4.72 Å². The van der Waals surface area contributed by atoms with Crippen LogP contribution in [0.2, 0.25) is 0 Å². The second-order valence-electron chi connectivity index (χ2n) is 7.00. The van der Waals surface area contributed by atoms with Gasteiger partial charge in [0.15, 0.2) is 0 Å². The van der Waals surface area contributed by atoms with Crippen LogP contribution in [0.3, 0.4) is 0 Å². The number of hydrogen-bond acceptors (Lipinski definition) is 4. The molecular weight excluding hydrogens is 316 g/mol. The molecule has 2 rings (SSSR count). The van der Waals surface area contributed by atoms with E-state index >= 15 is 0 Å². The van der Waals surface area contributed by atoms with Crippen molar-refractivity contribution in [1.29, 1.82) is 0 Å². The second kappa shape index (κ2) is 6.49. The van der Waals surface area contributed by atoms with E-state index in [1.807, 2.05) is 0 Å². The standard InChI is InChI=1S/C16H24N2O4S/c1-16(2,3)18-23(21,22)14-10-11(15(19)20)8-9-13(14)17-12-6-4-5-7-12/h8-10,12,17-18H,4-7H2,1-3H3,(H,19,20). The van der Waals surface area contributed by atoms with Gasteiger partial charge in [-0.05, 0) is 51.8 Å². The maximum Gasteiger partial charge on any atom is 0.335 e. The number of nitrogens with one attached hydrogen (secondary N) is 2.